The van der Waals surface area contributed by atoms with Gasteiger partial charge in [0.25, 0.3) is 0 Å². The van der Waals surface area contributed by atoms with Crippen molar-refractivity contribution < 1.29 is 19.0 Å². The molecule has 1 heterocycles. The van der Waals surface area contributed by atoms with Crippen molar-refractivity contribution in [1.82, 2.24) is 0 Å². The van der Waals surface area contributed by atoms with E-state index in [1.165, 1.54) is 0 Å². The predicted molar refractivity (Wildman–Crippen MR) is 91.2 cm³/mol. The summed E-state index contributed by atoms with van der Waals surface area (Å²) in [4.78, 5) is 12.7. The van der Waals surface area contributed by atoms with Crippen LogP contribution < -0.4 is 14.2 Å². The van der Waals surface area contributed by atoms with Crippen molar-refractivity contribution in [3.8, 4) is 17.2 Å². The van der Waals surface area contributed by atoms with Gasteiger partial charge in [-0.05, 0) is 60.4 Å². The molecular weight excluding hydrogens is 328 g/mol. The number of carbonyl (C=O) groups excluding carboxylic acids is 1. The molecule has 0 spiro atoms. The summed E-state index contributed by atoms with van der Waals surface area (Å²) in [6.07, 6.45) is 3.37. The zero-order valence-corrected chi connectivity index (χ0v) is 13.9. The third-order valence-corrected chi connectivity index (χ3v) is 4.58. The van der Waals surface area contributed by atoms with Gasteiger partial charge in [-0.1, -0.05) is 11.6 Å². The van der Waals surface area contributed by atoms with E-state index in [9.17, 15) is 4.79 Å². The van der Waals surface area contributed by atoms with Gasteiger partial charge in [-0.15, -0.1) is 0 Å². The zero-order chi connectivity index (χ0) is 16.7. The van der Waals surface area contributed by atoms with Crippen LogP contribution in [0.2, 0.25) is 5.02 Å². The number of benzene rings is 2. The molecule has 0 bridgehead atoms. The number of rotatable bonds is 2. The number of Topliss-reactive ketones (excluding diaryl/α,β-unsaturated/α-hetero) is 1. The Bertz CT molecular complexity index is 870. The standard InChI is InChI=1S/C19H15ClO4/c1-22-14-4-5-15-12(9-14)2-3-13(18(15)21)6-11-7-16(20)19-17(8-11)23-10-24-19/h4-9H,2-3,10H2,1H3/b13-6+. The number of methoxy groups -OCH3 is 1. The number of carbonyl (C=O) groups is 1. The molecule has 2 aliphatic rings. The Morgan fingerprint density at radius 1 is 1.17 bits per heavy atom. The molecule has 0 fully saturated rings. The van der Waals surface area contributed by atoms with Crippen LogP contribution in [-0.2, 0) is 6.42 Å². The van der Waals surface area contributed by atoms with E-state index < -0.39 is 0 Å². The first-order valence-electron chi connectivity index (χ1n) is 7.67. The van der Waals surface area contributed by atoms with Crippen LogP contribution in [0.15, 0.2) is 35.9 Å². The highest BCUT2D eigenvalue weighted by atomic mass is 35.5. The van der Waals surface area contributed by atoms with Gasteiger partial charge < -0.3 is 14.2 Å². The van der Waals surface area contributed by atoms with Crippen LogP contribution >= 0.6 is 11.6 Å². The summed E-state index contributed by atoms with van der Waals surface area (Å²) in [6, 6.07) is 9.21. The minimum absolute atomic E-state index is 0.0488. The van der Waals surface area contributed by atoms with Gasteiger partial charge in [-0.25, -0.2) is 0 Å². The van der Waals surface area contributed by atoms with Gasteiger partial charge in [-0.2, -0.15) is 0 Å². The summed E-state index contributed by atoms with van der Waals surface area (Å²) in [5, 5.41) is 0.491. The molecule has 4 rings (SSSR count). The number of ketones is 1. The molecule has 2 aromatic rings. The molecule has 0 unspecified atom stereocenters. The number of ether oxygens (including phenoxy) is 3. The zero-order valence-electron chi connectivity index (χ0n) is 13.1. The summed E-state index contributed by atoms with van der Waals surface area (Å²) in [7, 11) is 1.63. The lowest BCUT2D eigenvalue weighted by Crippen LogP contribution is -2.14. The van der Waals surface area contributed by atoms with E-state index in [1.54, 1.807) is 13.2 Å². The molecule has 0 radical (unpaired) electrons. The van der Waals surface area contributed by atoms with E-state index in [2.05, 4.69) is 0 Å². The molecule has 0 aromatic heterocycles. The first-order valence-corrected chi connectivity index (χ1v) is 8.05. The lowest BCUT2D eigenvalue weighted by atomic mass is 9.86. The van der Waals surface area contributed by atoms with Crippen molar-refractivity contribution in [2.24, 2.45) is 0 Å². The molecule has 122 valence electrons. The van der Waals surface area contributed by atoms with Crippen LogP contribution in [0.1, 0.15) is 27.9 Å². The van der Waals surface area contributed by atoms with Crippen molar-refractivity contribution in [2.75, 3.05) is 13.9 Å². The predicted octanol–water partition coefficient (Wildman–Crippen LogP) is 4.29. The SMILES string of the molecule is COc1ccc2c(c1)CC/C(=C\c1cc(Cl)c3c(c1)OCO3)C2=O. The fourth-order valence-corrected chi connectivity index (χ4v) is 3.36. The third kappa shape index (κ3) is 2.53. The second kappa shape index (κ2) is 5.87. The molecule has 24 heavy (non-hydrogen) atoms. The molecule has 2 aromatic carbocycles. The van der Waals surface area contributed by atoms with Crippen LogP contribution in [0.25, 0.3) is 6.08 Å². The van der Waals surface area contributed by atoms with E-state index in [0.717, 1.165) is 34.4 Å². The Hall–Kier alpha value is -2.46. The smallest absolute Gasteiger partial charge is 0.231 e. The number of hydrogen-bond donors (Lipinski definition) is 0. The normalized spacial score (nSPS) is 17.1. The molecular formula is C19H15ClO4. The quantitative estimate of drug-likeness (QED) is 0.764. The van der Waals surface area contributed by atoms with Crippen molar-refractivity contribution in [2.45, 2.75) is 12.8 Å². The second-order valence-corrected chi connectivity index (χ2v) is 6.17. The summed E-state index contributed by atoms with van der Waals surface area (Å²) < 4.78 is 15.9. The van der Waals surface area contributed by atoms with Gasteiger partial charge in [-0.3, -0.25) is 4.79 Å². The Labute approximate surface area is 144 Å². The second-order valence-electron chi connectivity index (χ2n) is 5.76. The van der Waals surface area contributed by atoms with Gasteiger partial charge in [0.2, 0.25) is 6.79 Å². The maximum atomic E-state index is 12.7. The van der Waals surface area contributed by atoms with Gasteiger partial charge in [0.15, 0.2) is 17.3 Å². The molecule has 0 N–H and O–H groups in total. The van der Waals surface area contributed by atoms with Gasteiger partial charge >= 0.3 is 0 Å². The summed E-state index contributed by atoms with van der Waals surface area (Å²) >= 11 is 6.21. The van der Waals surface area contributed by atoms with Crippen molar-refractivity contribution in [3.05, 3.63) is 57.6 Å². The maximum Gasteiger partial charge on any atom is 0.231 e. The minimum atomic E-state index is 0.0488. The van der Waals surface area contributed by atoms with Crippen molar-refractivity contribution in [3.63, 3.8) is 0 Å². The lowest BCUT2D eigenvalue weighted by Gasteiger charge is -2.18. The van der Waals surface area contributed by atoms with E-state index in [-0.39, 0.29) is 12.6 Å². The van der Waals surface area contributed by atoms with Crippen LogP contribution in [0.5, 0.6) is 17.2 Å². The van der Waals surface area contributed by atoms with Gasteiger partial charge in [0, 0.05) is 11.1 Å². The number of halogens is 1. The highest BCUT2D eigenvalue weighted by molar-refractivity contribution is 6.32. The number of fused-ring (bicyclic) bond motifs is 2. The Balaban J connectivity index is 1.69. The van der Waals surface area contributed by atoms with Crippen molar-refractivity contribution in [1.29, 1.82) is 0 Å². The largest absolute Gasteiger partial charge is 0.497 e. The molecule has 5 heteroatoms. The average Bonchev–Trinajstić information content (AvgIpc) is 3.06. The van der Waals surface area contributed by atoms with Crippen LogP contribution in [-0.4, -0.2) is 19.7 Å². The minimum Gasteiger partial charge on any atom is -0.497 e. The highest BCUT2D eigenvalue weighted by Crippen LogP contribution is 2.40. The molecule has 4 nitrogen and oxygen atoms in total. The highest BCUT2D eigenvalue weighted by Gasteiger charge is 2.23. The fraction of sp³-hybridized carbons (Fsp3) is 0.211. The van der Waals surface area contributed by atoms with Crippen LogP contribution in [0, 0.1) is 0 Å². The fourth-order valence-electron chi connectivity index (χ4n) is 3.09. The molecule has 0 saturated carbocycles. The van der Waals surface area contributed by atoms with E-state index in [4.69, 9.17) is 25.8 Å². The van der Waals surface area contributed by atoms with E-state index in [0.29, 0.717) is 22.9 Å². The number of hydrogen-bond acceptors (Lipinski definition) is 4. The third-order valence-electron chi connectivity index (χ3n) is 4.30. The van der Waals surface area contributed by atoms with Gasteiger partial charge in [0.05, 0.1) is 12.1 Å². The van der Waals surface area contributed by atoms with E-state index in [1.807, 2.05) is 30.3 Å². The number of allylic oxidation sites excluding steroid dienone is 1. The topological polar surface area (TPSA) is 44.8 Å². The molecule has 1 aliphatic carbocycles. The molecule has 1 aliphatic heterocycles. The van der Waals surface area contributed by atoms with Gasteiger partial charge in [0.1, 0.15) is 5.75 Å². The Morgan fingerprint density at radius 3 is 2.88 bits per heavy atom. The molecule has 0 saturated heterocycles. The summed E-state index contributed by atoms with van der Waals surface area (Å²) in [6.45, 7) is 0.170. The summed E-state index contributed by atoms with van der Waals surface area (Å²) in [5.41, 5.74) is 3.37. The Morgan fingerprint density at radius 2 is 2.04 bits per heavy atom. The van der Waals surface area contributed by atoms with E-state index >= 15 is 0 Å². The molecule has 0 amide bonds. The first kappa shape index (κ1) is 15.1. The lowest BCUT2D eigenvalue weighted by molar-refractivity contribution is 0.102. The van der Waals surface area contributed by atoms with Crippen LogP contribution in [0.4, 0.5) is 0 Å². The maximum absolute atomic E-state index is 12.7. The monoisotopic (exact) mass is 342 g/mol. The number of aryl methyl sites for hydroxylation is 1. The van der Waals surface area contributed by atoms with Crippen LogP contribution in [0.3, 0.4) is 0 Å². The average molecular weight is 343 g/mol. The Kier molecular flexibility index (Phi) is 3.69. The summed E-state index contributed by atoms with van der Waals surface area (Å²) in [5.74, 6) is 2.00. The first-order chi connectivity index (χ1) is 11.7. The molecule has 0 atom stereocenters. The van der Waals surface area contributed by atoms with Crippen molar-refractivity contribution >= 4 is 23.5 Å².